The van der Waals surface area contributed by atoms with E-state index in [-0.39, 0.29) is 0 Å². The van der Waals surface area contributed by atoms with Crippen LogP contribution in [0.1, 0.15) is 37.3 Å². The van der Waals surface area contributed by atoms with E-state index in [2.05, 4.69) is 56.6 Å². The summed E-state index contributed by atoms with van der Waals surface area (Å²) in [5, 5.41) is 3.46. The minimum Gasteiger partial charge on any atom is -0.316 e. The highest BCUT2D eigenvalue weighted by atomic mass is 14.9. The summed E-state index contributed by atoms with van der Waals surface area (Å²) in [5.41, 5.74) is 4.44. The van der Waals surface area contributed by atoms with Gasteiger partial charge in [0.15, 0.2) is 0 Å². The van der Waals surface area contributed by atoms with Crippen LogP contribution >= 0.6 is 0 Å². The van der Waals surface area contributed by atoms with Gasteiger partial charge in [-0.1, -0.05) is 35.9 Å². The number of benzene rings is 1. The molecule has 0 saturated carbocycles. The molecule has 1 heteroatoms. The third-order valence-corrected chi connectivity index (χ3v) is 3.46. The van der Waals surface area contributed by atoms with E-state index in [1.807, 2.05) is 0 Å². The molecule has 1 aliphatic carbocycles. The molecule has 2 unspecified atom stereocenters. The van der Waals surface area contributed by atoms with E-state index in [1.54, 1.807) is 0 Å². The lowest BCUT2D eigenvalue weighted by Crippen LogP contribution is -2.35. The van der Waals surface area contributed by atoms with E-state index in [0.29, 0.717) is 12.0 Å². The molecule has 0 spiro atoms. The van der Waals surface area contributed by atoms with Gasteiger partial charge in [-0.3, -0.25) is 0 Å². The third-order valence-electron chi connectivity index (χ3n) is 3.46. The van der Waals surface area contributed by atoms with Crippen LogP contribution in [0.4, 0.5) is 0 Å². The highest BCUT2D eigenvalue weighted by Gasteiger charge is 2.26. The maximum atomic E-state index is 3.46. The summed E-state index contributed by atoms with van der Waals surface area (Å²) >= 11 is 0. The van der Waals surface area contributed by atoms with Crippen molar-refractivity contribution in [3.05, 3.63) is 47.0 Å². The SMILES string of the molecule is CNC1CCc2ccccc2C1C=C(C)C. The largest absolute Gasteiger partial charge is 0.316 e. The average molecular weight is 215 g/mol. The summed E-state index contributed by atoms with van der Waals surface area (Å²) in [6.07, 6.45) is 4.84. The molecule has 1 nitrogen and oxygen atoms in total. The van der Waals surface area contributed by atoms with Crippen LogP contribution in [0, 0.1) is 0 Å². The summed E-state index contributed by atoms with van der Waals surface area (Å²) in [4.78, 5) is 0. The molecule has 16 heavy (non-hydrogen) atoms. The van der Waals surface area contributed by atoms with E-state index >= 15 is 0 Å². The standard InChI is InChI=1S/C15H21N/c1-11(2)10-14-13-7-5-4-6-12(13)8-9-15(14)16-3/h4-7,10,14-16H,8-9H2,1-3H3. The molecule has 1 N–H and O–H groups in total. The summed E-state index contributed by atoms with van der Waals surface area (Å²) in [6, 6.07) is 9.45. The van der Waals surface area contributed by atoms with Crippen LogP contribution < -0.4 is 5.32 Å². The molecular formula is C15H21N. The number of hydrogen-bond acceptors (Lipinski definition) is 1. The Kier molecular flexibility index (Phi) is 3.45. The van der Waals surface area contributed by atoms with Crippen LogP contribution in [0.2, 0.25) is 0 Å². The van der Waals surface area contributed by atoms with Gasteiger partial charge in [-0.2, -0.15) is 0 Å². The van der Waals surface area contributed by atoms with Crippen molar-refractivity contribution < 1.29 is 0 Å². The summed E-state index contributed by atoms with van der Waals surface area (Å²) in [5.74, 6) is 0.542. The van der Waals surface area contributed by atoms with Crippen LogP contribution in [0.5, 0.6) is 0 Å². The molecule has 0 heterocycles. The van der Waals surface area contributed by atoms with Crippen LogP contribution in [0.3, 0.4) is 0 Å². The zero-order valence-electron chi connectivity index (χ0n) is 10.5. The van der Waals surface area contributed by atoms with Gasteiger partial charge in [0.1, 0.15) is 0 Å². The molecule has 1 aromatic rings. The molecule has 1 aliphatic rings. The highest BCUT2D eigenvalue weighted by Crippen LogP contribution is 2.33. The van der Waals surface area contributed by atoms with Gasteiger partial charge in [0.05, 0.1) is 0 Å². The lowest BCUT2D eigenvalue weighted by molar-refractivity contribution is 0.456. The first-order valence-electron chi connectivity index (χ1n) is 6.12. The van der Waals surface area contributed by atoms with Crippen LogP contribution in [-0.4, -0.2) is 13.1 Å². The van der Waals surface area contributed by atoms with Crippen molar-refractivity contribution in [1.29, 1.82) is 0 Å². The van der Waals surface area contributed by atoms with Gasteiger partial charge in [0.2, 0.25) is 0 Å². The zero-order valence-corrected chi connectivity index (χ0v) is 10.5. The molecule has 1 aromatic carbocycles. The van der Waals surface area contributed by atoms with Gasteiger partial charge in [0, 0.05) is 12.0 Å². The summed E-state index contributed by atoms with van der Waals surface area (Å²) in [6.45, 7) is 4.37. The van der Waals surface area contributed by atoms with E-state index in [0.717, 1.165) is 0 Å². The first kappa shape index (κ1) is 11.4. The van der Waals surface area contributed by atoms with Crippen molar-refractivity contribution in [2.45, 2.75) is 38.6 Å². The van der Waals surface area contributed by atoms with Crippen molar-refractivity contribution in [3.8, 4) is 0 Å². The van der Waals surface area contributed by atoms with E-state index in [9.17, 15) is 0 Å². The number of allylic oxidation sites excluding steroid dienone is 1. The second kappa shape index (κ2) is 4.84. The molecule has 86 valence electrons. The fourth-order valence-electron chi connectivity index (χ4n) is 2.68. The molecule has 0 saturated heterocycles. The smallest absolute Gasteiger partial charge is 0.0177 e. The molecule has 2 rings (SSSR count). The minimum absolute atomic E-state index is 0.542. The predicted molar refractivity (Wildman–Crippen MR) is 69.8 cm³/mol. The van der Waals surface area contributed by atoms with Crippen molar-refractivity contribution in [2.75, 3.05) is 7.05 Å². The molecule has 0 aromatic heterocycles. The summed E-state index contributed by atoms with van der Waals surface area (Å²) in [7, 11) is 2.07. The van der Waals surface area contributed by atoms with Gasteiger partial charge in [-0.05, 0) is 44.9 Å². The van der Waals surface area contributed by atoms with Gasteiger partial charge < -0.3 is 5.32 Å². The first-order valence-corrected chi connectivity index (χ1v) is 6.12. The molecule has 0 amide bonds. The molecular weight excluding hydrogens is 194 g/mol. The molecule has 0 bridgehead atoms. The Hall–Kier alpha value is -1.08. The Morgan fingerprint density at radius 3 is 2.75 bits per heavy atom. The number of rotatable bonds is 2. The van der Waals surface area contributed by atoms with Crippen LogP contribution in [-0.2, 0) is 6.42 Å². The second-order valence-corrected chi connectivity index (χ2v) is 4.90. The maximum Gasteiger partial charge on any atom is 0.0177 e. The first-order chi connectivity index (χ1) is 7.72. The quantitative estimate of drug-likeness (QED) is 0.747. The number of likely N-dealkylation sites (N-methyl/N-ethyl adjacent to an activating group) is 1. The Morgan fingerprint density at radius 1 is 1.31 bits per heavy atom. The molecule has 0 radical (unpaired) electrons. The van der Waals surface area contributed by atoms with Crippen molar-refractivity contribution in [1.82, 2.24) is 5.32 Å². The fourth-order valence-corrected chi connectivity index (χ4v) is 2.68. The Bertz CT molecular complexity index is 388. The second-order valence-electron chi connectivity index (χ2n) is 4.90. The van der Waals surface area contributed by atoms with Gasteiger partial charge in [-0.25, -0.2) is 0 Å². The van der Waals surface area contributed by atoms with E-state index in [4.69, 9.17) is 0 Å². The molecule has 0 aliphatic heterocycles. The Morgan fingerprint density at radius 2 is 2.06 bits per heavy atom. The van der Waals surface area contributed by atoms with Crippen molar-refractivity contribution >= 4 is 0 Å². The number of aryl methyl sites for hydroxylation is 1. The summed E-state index contributed by atoms with van der Waals surface area (Å²) < 4.78 is 0. The lowest BCUT2D eigenvalue weighted by Gasteiger charge is -2.32. The maximum absolute atomic E-state index is 3.46. The topological polar surface area (TPSA) is 12.0 Å². The van der Waals surface area contributed by atoms with E-state index < -0.39 is 0 Å². The average Bonchev–Trinajstić information content (AvgIpc) is 2.29. The Labute approximate surface area is 98.6 Å². The number of nitrogens with one attached hydrogen (secondary N) is 1. The third kappa shape index (κ3) is 2.19. The van der Waals surface area contributed by atoms with Crippen LogP contribution in [0.25, 0.3) is 0 Å². The lowest BCUT2D eigenvalue weighted by atomic mass is 9.78. The normalized spacial score (nSPS) is 23.7. The monoisotopic (exact) mass is 215 g/mol. The van der Waals surface area contributed by atoms with Crippen molar-refractivity contribution in [2.24, 2.45) is 0 Å². The fraction of sp³-hybridized carbons (Fsp3) is 0.467. The Balaban J connectivity index is 2.40. The molecule has 0 fully saturated rings. The van der Waals surface area contributed by atoms with E-state index in [1.165, 1.54) is 29.5 Å². The minimum atomic E-state index is 0.542. The van der Waals surface area contributed by atoms with Crippen LogP contribution in [0.15, 0.2) is 35.9 Å². The van der Waals surface area contributed by atoms with Gasteiger partial charge in [0.25, 0.3) is 0 Å². The van der Waals surface area contributed by atoms with Gasteiger partial charge in [-0.15, -0.1) is 0 Å². The number of hydrogen-bond donors (Lipinski definition) is 1. The van der Waals surface area contributed by atoms with Crippen molar-refractivity contribution in [3.63, 3.8) is 0 Å². The highest BCUT2D eigenvalue weighted by molar-refractivity contribution is 5.37. The number of fused-ring (bicyclic) bond motifs is 1. The molecule has 2 atom stereocenters. The van der Waals surface area contributed by atoms with Gasteiger partial charge >= 0.3 is 0 Å². The zero-order chi connectivity index (χ0) is 11.5. The predicted octanol–water partition coefficient (Wildman–Crippen LogP) is 3.27.